The number of carbonyl (C=O) groups is 2. The number of benzene rings is 2. The lowest BCUT2D eigenvalue weighted by Gasteiger charge is -2.25. The van der Waals surface area contributed by atoms with Crippen molar-refractivity contribution < 1.29 is 19.8 Å². The van der Waals surface area contributed by atoms with E-state index in [4.69, 9.17) is 0 Å². The van der Waals surface area contributed by atoms with Gasteiger partial charge in [-0.2, -0.15) is 0 Å². The Morgan fingerprint density at radius 3 is 2.57 bits per heavy atom. The van der Waals surface area contributed by atoms with Gasteiger partial charge in [-0.3, -0.25) is 9.59 Å². The summed E-state index contributed by atoms with van der Waals surface area (Å²) in [6.45, 7) is 4.29. The third kappa shape index (κ3) is 3.69. The van der Waals surface area contributed by atoms with Crippen LogP contribution in [0.3, 0.4) is 0 Å². The van der Waals surface area contributed by atoms with Crippen LogP contribution >= 0.6 is 15.9 Å². The Balaban J connectivity index is 2.18. The molecule has 1 saturated heterocycles. The number of carbonyl (C=O) groups excluding carboxylic acids is 2. The Hall–Kier alpha value is -2.60. The van der Waals surface area contributed by atoms with Crippen LogP contribution in [0.25, 0.3) is 5.76 Å². The summed E-state index contributed by atoms with van der Waals surface area (Å²) < 4.78 is 0.886. The Morgan fingerprint density at radius 2 is 1.93 bits per heavy atom. The average molecular weight is 444 g/mol. The number of ketones is 1. The lowest BCUT2D eigenvalue weighted by molar-refractivity contribution is -0.139. The second-order valence-electron chi connectivity index (χ2n) is 6.90. The summed E-state index contributed by atoms with van der Waals surface area (Å²) in [5.74, 6) is -1.50. The molecule has 1 amide bonds. The van der Waals surface area contributed by atoms with Crippen LogP contribution in [-0.2, 0) is 9.59 Å². The van der Waals surface area contributed by atoms with Crippen molar-refractivity contribution in [2.45, 2.75) is 32.7 Å². The van der Waals surface area contributed by atoms with Gasteiger partial charge in [0.05, 0.1) is 11.6 Å². The van der Waals surface area contributed by atoms with E-state index in [-0.39, 0.29) is 17.1 Å². The number of aliphatic hydroxyl groups is 1. The Bertz CT molecular complexity index is 967. The number of phenolic OH excluding ortho intramolecular Hbond substituents is 1. The van der Waals surface area contributed by atoms with Crippen LogP contribution in [-0.4, -0.2) is 33.3 Å². The summed E-state index contributed by atoms with van der Waals surface area (Å²) in [6.07, 6.45) is 1.60. The zero-order valence-corrected chi connectivity index (χ0v) is 17.4. The molecule has 0 saturated carbocycles. The van der Waals surface area contributed by atoms with Gasteiger partial charge in [0.25, 0.3) is 11.7 Å². The van der Waals surface area contributed by atoms with Gasteiger partial charge < -0.3 is 15.1 Å². The first-order chi connectivity index (χ1) is 13.3. The van der Waals surface area contributed by atoms with E-state index in [1.54, 1.807) is 30.3 Å². The third-order valence-corrected chi connectivity index (χ3v) is 5.80. The molecule has 0 spiro atoms. The molecule has 0 aliphatic carbocycles. The van der Waals surface area contributed by atoms with E-state index in [9.17, 15) is 19.8 Å². The molecule has 2 N–H and O–H groups in total. The molecule has 2 aromatic rings. The third-order valence-electron chi connectivity index (χ3n) is 4.91. The Labute approximate surface area is 172 Å². The van der Waals surface area contributed by atoms with Gasteiger partial charge in [0.1, 0.15) is 11.5 Å². The van der Waals surface area contributed by atoms with Gasteiger partial charge in [-0.05, 0) is 48.7 Å². The standard InChI is InChI=1S/C22H22BrNO4/c1-3-4-10-24-19(14-6-5-7-16(25)12-14)18(21(27)22(24)28)20(26)15-8-9-17(23)13(2)11-15/h5-9,11-12,19,25-26H,3-4,10H2,1-2H3/b20-18-. The fourth-order valence-corrected chi connectivity index (χ4v) is 3.67. The van der Waals surface area contributed by atoms with E-state index in [1.807, 2.05) is 13.8 Å². The second kappa shape index (κ2) is 8.19. The number of aryl methyl sites for hydroxylation is 1. The van der Waals surface area contributed by atoms with Crippen LogP contribution in [0.2, 0.25) is 0 Å². The van der Waals surface area contributed by atoms with Crippen molar-refractivity contribution in [2.75, 3.05) is 6.54 Å². The van der Waals surface area contributed by atoms with E-state index >= 15 is 0 Å². The van der Waals surface area contributed by atoms with Crippen molar-refractivity contribution in [1.29, 1.82) is 0 Å². The van der Waals surface area contributed by atoms with Crippen LogP contribution in [0.15, 0.2) is 52.5 Å². The van der Waals surface area contributed by atoms with Crippen LogP contribution < -0.4 is 0 Å². The number of rotatable bonds is 5. The van der Waals surface area contributed by atoms with Crippen LogP contribution in [0.5, 0.6) is 5.75 Å². The van der Waals surface area contributed by atoms with Gasteiger partial charge in [-0.1, -0.05) is 47.5 Å². The molecule has 6 heteroatoms. The highest BCUT2D eigenvalue weighted by atomic mass is 79.9. The topological polar surface area (TPSA) is 77.8 Å². The number of nitrogens with zero attached hydrogens (tertiary/aromatic N) is 1. The largest absolute Gasteiger partial charge is 0.508 e. The van der Waals surface area contributed by atoms with Crippen molar-refractivity contribution in [3.8, 4) is 5.75 Å². The van der Waals surface area contributed by atoms with Crippen molar-refractivity contribution in [3.05, 3.63) is 69.2 Å². The van der Waals surface area contributed by atoms with Crippen molar-refractivity contribution in [2.24, 2.45) is 0 Å². The second-order valence-corrected chi connectivity index (χ2v) is 7.76. The van der Waals surface area contributed by atoms with Gasteiger partial charge in [-0.25, -0.2) is 0 Å². The predicted octanol–water partition coefficient (Wildman–Crippen LogP) is 4.68. The van der Waals surface area contributed by atoms with Crippen molar-refractivity contribution in [3.63, 3.8) is 0 Å². The lowest BCUT2D eigenvalue weighted by Crippen LogP contribution is -2.30. The summed E-state index contributed by atoms with van der Waals surface area (Å²) in [7, 11) is 0. The molecule has 1 atom stereocenters. The molecule has 0 aromatic heterocycles. The number of aliphatic hydroxyl groups excluding tert-OH is 1. The van der Waals surface area contributed by atoms with Gasteiger partial charge in [0.15, 0.2) is 0 Å². The number of likely N-dealkylation sites (tertiary alicyclic amines) is 1. The fraction of sp³-hybridized carbons (Fsp3) is 0.273. The van der Waals surface area contributed by atoms with Crippen LogP contribution in [0.1, 0.15) is 42.5 Å². The predicted molar refractivity (Wildman–Crippen MR) is 111 cm³/mol. The molecule has 146 valence electrons. The Kier molecular flexibility index (Phi) is 5.89. The maximum Gasteiger partial charge on any atom is 0.295 e. The molecular formula is C22H22BrNO4. The van der Waals surface area contributed by atoms with E-state index < -0.39 is 17.7 Å². The molecular weight excluding hydrogens is 422 g/mol. The highest BCUT2D eigenvalue weighted by molar-refractivity contribution is 9.10. The molecule has 1 heterocycles. The van der Waals surface area contributed by atoms with Gasteiger partial charge in [-0.15, -0.1) is 0 Å². The first kappa shape index (κ1) is 20.1. The Morgan fingerprint density at radius 1 is 1.18 bits per heavy atom. The minimum atomic E-state index is -0.734. The monoisotopic (exact) mass is 443 g/mol. The number of unbranched alkanes of at least 4 members (excludes halogenated alkanes) is 1. The quantitative estimate of drug-likeness (QED) is 0.399. The first-order valence-corrected chi connectivity index (χ1v) is 9.98. The lowest BCUT2D eigenvalue weighted by atomic mass is 9.94. The normalized spacial score (nSPS) is 18.7. The smallest absolute Gasteiger partial charge is 0.295 e. The van der Waals surface area contributed by atoms with Crippen molar-refractivity contribution >= 4 is 33.4 Å². The molecule has 2 aromatic carbocycles. The van der Waals surface area contributed by atoms with E-state index in [2.05, 4.69) is 15.9 Å². The average Bonchev–Trinajstić information content (AvgIpc) is 2.92. The van der Waals surface area contributed by atoms with Crippen LogP contribution in [0, 0.1) is 6.92 Å². The molecule has 3 rings (SSSR count). The SMILES string of the molecule is CCCCN1C(=O)C(=O)/C(=C(\O)c2ccc(Br)c(C)c2)C1c1cccc(O)c1. The summed E-state index contributed by atoms with van der Waals surface area (Å²) in [6, 6.07) is 11.0. The summed E-state index contributed by atoms with van der Waals surface area (Å²) >= 11 is 3.42. The number of amides is 1. The number of aromatic hydroxyl groups is 1. The summed E-state index contributed by atoms with van der Waals surface area (Å²) in [5.41, 5.74) is 2.01. The van der Waals surface area contributed by atoms with Gasteiger partial charge in [0, 0.05) is 16.6 Å². The zero-order chi connectivity index (χ0) is 20.4. The molecule has 1 aliphatic heterocycles. The molecule has 1 unspecified atom stereocenters. The number of phenols is 1. The minimum absolute atomic E-state index is 0.0399. The van der Waals surface area contributed by atoms with E-state index in [1.165, 1.54) is 17.0 Å². The zero-order valence-electron chi connectivity index (χ0n) is 15.8. The number of halogens is 1. The molecule has 1 aliphatic rings. The summed E-state index contributed by atoms with van der Waals surface area (Å²) in [5, 5.41) is 20.9. The fourth-order valence-electron chi connectivity index (χ4n) is 3.43. The molecule has 0 radical (unpaired) electrons. The highest BCUT2D eigenvalue weighted by Gasteiger charge is 2.45. The maximum atomic E-state index is 12.8. The first-order valence-electron chi connectivity index (χ1n) is 9.19. The summed E-state index contributed by atoms with van der Waals surface area (Å²) in [4.78, 5) is 27.0. The number of hydrogen-bond donors (Lipinski definition) is 2. The van der Waals surface area contributed by atoms with Crippen molar-refractivity contribution in [1.82, 2.24) is 4.90 Å². The van der Waals surface area contributed by atoms with Crippen LogP contribution in [0.4, 0.5) is 0 Å². The van der Waals surface area contributed by atoms with Gasteiger partial charge in [0.2, 0.25) is 0 Å². The molecule has 0 bridgehead atoms. The number of hydrogen-bond acceptors (Lipinski definition) is 4. The molecule has 1 fully saturated rings. The molecule has 5 nitrogen and oxygen atoms in total. The highest BCUT2D eigenvalue weighted by Crippen LogP contribution is 2.40. The minimum Gasteiger partial charge on any atom is -0.508 e. The van der Waals surface area contributed by atoms with Gasteiger partial charge >= 0.3 is 0 Å². The van der Waals surface area contributed by atoms with E-state index in [0.717, 1.165) is 22.9 Å². The maximum absolute atomic E-state index is 12.8. The molecule has 28 heavy (non-hydrogen) atoms. The van der Waals surface area contributed by atoms with E-state index in [0.29, 0.717) is 17.7 Å². The number of Topliss-reactive ketones (excluding diaryl/α,β-unsaturated/α-hetero) is 1.